The van der Waals surface area contributed by atoms with Crippen molar-refractivity contribution < 1.29 is 9.47 Å². The van der Waals surface area contributed by atoms with Gasteiger partial charge in [0, 0.05) is 18.0 Å². The van der Waals surface area contributed by atoms with Crippen molar-refractivity contribution in [1.29, 1.82) is 0 Å². The van der Waals surface area contributed by atoms with Gasteiger partial charge in [-0.15, -0.1) is 0 Å². The molecule has 128 valence electrons. The number of hydrogen-bond acceptors (Lipinski definition) is 3. The Morgan fingerprint density at radius 1 is 1.12 bits per heavy atom. The topological polar surface area (TPSA) is 21.7 Å². The predicted octanol–water partition coefficient (Wildman–Crippen LogP) is 4.32. The molecule has 0 radical (unpaired) electrons. The summed E-state index contributed by atoms with van der Waals surface area (Å²) in [6.45, 7) is 5.91. The molecular formula is C21H27NO2. The van der Waals surface area contributed by atoms with Crippen LogP contribution >= 0.6 is 0 Å². The summed E-state index contributed by atoms with van der Waals surface area (Å²) in [5, 5.41) is 0. The molecule has 0 saturated carbocycles. The second kappa shape index (κ2) is 6.86. The molecule has 0 fully saturated rings. The highest BCUT2D eigenvalue weighted by Gasteiger charge is 2.34. The van der Waals surface area contributed by atoms with Crippen LogP contribution in [0, 0.1) is 0 Å². The van der Waals surface area contributed by atoms with Gasteiger partial charge < -0.3 is 14.4 Å². The first kappa shape index (κ1) is 16.8. The molecule has 1 aliphatic rings. The first-order valence-corrected chi connectivity index (χ1v) is 8.60. The lowest BCUT2D eigenvalue weighted by molar-refractivity contribution is 0.0772. The third-order valence-corrected chi connectivity index (χ3v) is 4.45. The van der Waals surface area contributed by atoms with Crippen LogP contribution in [0.2, 0.25) is 0 Å². The van der Waals surface area contributed by atoms with Gasteiger partial charge >= 0.3 is 0 Å². The first-order valence-electron chi connectivity index (χ1n) is 8.60. The molecule has 2 aromatic carbocycles. The van der Waals surface area contributed by atoms with E-state index in [1.165, 1.54) is 11.1 Å². The Hall–Kier alpha value is -2.00. The van der Waals surface area contributed by atoms with Crippen molar-refractivity contribution in [2.45, 2.75) is 31.8 Å². The maximum atomic E-state index is 6.20. The number of benzene rings is 2. The average Bonchev–Trinajstić information content (AvgIpc) is 2.54. The fraction of sp³-hybridized carbons (Fsp3) is 0.429. The van der Waals surface area contributed by atoms with Gasteiger partial charge in [0.2, 0.25) is 0 Å². The highest BCUT2D eigenvalue weighted by Crippen LogP contribution is 2.45. The standard InChI is InChI=1S/C21H27NO2/c1-21(2)15-19(16-8-6-5-7-9-16)18-14-17(10-11-20(18)24-21)23-13-12-22(3)4/h5-11,14,19H,12-13,15H2,1-4H3. The molecule has 1 heterocycles. The van der Waals surface area contributed by atoms with Crippen LogP contribution in [-0.2, 0) is 0 Å². The van der Waals surface area contributed by atoms with Crippen LogP contribution in [0.5, 0.6) is 11.5 Å². The van der Waals surface area contributed by atoms with E-state index in [0.717, 1.165) is 24.5 Å². The van der Waals surface area contributed by atoms with E-state index in [0.29, 0.717) is 12.5 Å². The van der Waals surface area contributed by atoms with E-state index in [1.54, 1.807) is 0 Å². The van der Waals surface area contributed by atoms with E-state index < -0.39 is 0 Å². The van der Waals surface area contributed by atoms with Crippen molar-refractivity contribution in [2.24, 2.45) is 0 Å². The first-order chi connectivity index (χ1) is 11.4. The molecule has 2 aromatic rings. The molecule has 1 atom stereocenters. The van der Waals surface area contributed by atoms with E-state index in [9.17, 15) is 0 Å². The Bertz CT molecular complexity index is 679. The van der Waals surface area contributed by atoms with Gasteiger partial charge in [-0.05, 0) is 58.1 Å². The average molecular weight is 325 g/mol. The zero-order valence-electron chi connectivity index (χ0n) is 15.1. The molecule has 0 amide bonds. The molecule has 3 rings (SSSR count). The van der Waals surface area contributed by atoms with Gasteiger partial charge in [-0.25, -0.2) is 0 Å². The summed E-state index contributed by atoms with van der Waals surface area (Å²) in [5.74, 6) is 2.22. The van der Waals surface area contributed by atoms with Crippen LogP contribution in [0.25, 0.3) is 0 Å². The van der Waals surface area contributed by atoms with Crippen molar-refractivity contribution in [3.8, 4) is 11.5 Å². The normalized spacial score (nSPS) is 18.8. The zero-order valence-corrected chi connectivity index (χ0v) is 15.1. The van der Waals surface area contributed by atoms with Gasteiger partial charge in [-0.2, -0.15) is 0 Å². The molecule has 0 bridgehead atoms. The SMILES string of the molecule is CN(C)CCOc1ccc2c(c1)C(c1ccccc1)CC(C)(C)O2. The minimum Gasteiger partial charge on any atom is -0.492 e. The lowest BCUT2D eigenvalue weighted by atomic mass is 9.80. The Morgan fingerprint density at radius 3 is 2.58 bits per heavy atom. The molecule has 3 heteroatoms. The van der Waals surface area contributed by atoms with Crippen LogP contribution in [0.4, 0.5) is 0 Å². The Morgan fingerprint density at radius 2 is 1.88 bits per heavy atom. The summed E-state index contributed by atoms with van der Waals surface area (Å²) >= 11 is 0. The van der Waals surface area contributed by atoms with E-state index in [1.807, 2.05) is 6.07 Å². The Balaban J connectivity index is 1.90. The summed E-state index contributed by atoms with van der Waals surface area (Å²) in [5.41, 5.74) is 2.39. The van der Waals surface area contributed by atoms with Gasteiger partial charge in [0.25, 0.3) is 0 Å². The summed E-state index contributed by atoms with van der Waals surface area (Å²) in [7, 11) is 4.11. The van der Waals surface area contributed by atoms with Gasteiger partial charge in [0.05, 0.1) is 0 Å². The summed E-state index contributed by atoms with van der Waals surface area (Å²) < 4.78 is 12.1. The van der Waals surface area contributed by atoms with Gasteiger partial charge in [0.1, 0.15) is 23.7 Å². The highest BCUT2D eigenvalue weighted by molar-refractivity contribution is 5.48. The van der Waals surface area contributed by atoms with E-state index in [2.05, 4.69) is 75.3 Å². The van der Waals surface area contributed by atoms with Gasteiger partial charge in [-0.3, -0.25) is 0 Å². The van der Waals surface area contributed by atoms with Crippen LogP contribution in [0.15, 0.2) is 48.5 Å². The second-order valence-electron chi connectivity index (χ2n) is 7.38. The minimum absolute atomic E-state index is 0.166. The zero-order chi connectivity index (χ0) is 17.2. The highest BCUT2D eigenvalue weighted by atomic mass is 16.5. The lowest BCUT2D eigenvalue weighted by Gasteiger charge is -2.38. The van der Waals surface area contributed by atoms with E-state index in [-0.39, 0.29) is 5.60 Å². The molecule has 0 spiro atoms. The lowest BCUT2D eigenvalue weighted by Crippen LogP contribution is -2.35. The fourth-order valence-corrected chi connectivity index (χ4v) is 3.25. The number of hydrogen-bond donors (Lipinski definition) is 0. The number of ether oxygens (including phenoxy) is 2. The molecular weight excluding hydrogens is 298 g/mol. The summed E-state index contributed by atoms with van der Waals surface area (Å²) in [6.07, 6.45) is 0.963. The number of rotatable bonds is 5. The molecule has 3 nitrogen and oxygen atoms in total. The number of fused-ring (bicyclic) bond motifs is 1. The Kier molecular flexibility index (Phi) is 4.81. The van der Waals surface area contributed by atoms with E-state index in [4.69, 9.17) is 9.47 Å². The maximum absolute atomic E-state index is 6.20. The van der Waals surface area contributed by atoms with Crippen LogP contribution in [0.1, 0.15) is 37.3 Å². The summed E-state index contributed by atoms with van der Waals surface area (Å²) in [6, 6.07) is 16.9. The van der Waals surface area contributed by atoms with E-state index >= 15 is 0 Å². The van der Waals surface area contributed by atoms with Crippen molar-refractivity contribution >= 4 is 0 Å². The van der Waals surface area contributed by atoms with Crippen molar-refractivity contribution in [2.75, 3.05) is 27.2 Å². The quantitative estimate of drug-likeness (QED) is 0.817. The maximum Gasteiger partial charge on any atom is 0.124 e. The summed E-state index contributed by atoms with van der Waals surface area (Å²) in [4.78, 5) is 2.12. The van der Waals surface area contributed by atoms with Crippen molar-refractivity contribution in [1.82, 2.24) is 4.90 Å². The van der Waals surface area contributed by atoms with Crippen LogP contribution in [0.3, 0.4) is 0 Å². The third kappa shape index (κ3) is 3.90. The van der Waals surface area contributed by atoms with Crippen LogP contribution in [-0.4, -0.2) is 37.7 Å². The van der Waals surface area contributed by atoms with Gasteiger partial charge in [-0.1, -0.05) is 30.3 Å². The largest absolute Gasteiger partial charge is 0.492 e. The number of nitrogens with zero attached hydrogens (tertiary/aromatic N) is 1. The molecule has 0 aliphatic carbocycles. The second-order valence-corrected chi connectivity index (χ2v) is 7.38. The monoisotopic (exact) mass is 325 g/mol. The third-order valence-electron chi connectivity index (χ3n) is 4.45. The Labute approximate surface area is 145 Å². The minimum atomic E-state index is -0.166. The number of likely N-dealkylation sites (N-methyl/N-ethyl adjacent to an activating group) is 1. The van der Waals surface area contributed by atoms with Crippen molar-refractivity contribution in [3.05, 3.63) is 59.7 Å². The van der Waals surface area contributed by atoms with Crippen molar-refractivity contribution in [3.63, 3.8) is 0 Å². The molecule has 1 aliphatic heterocycles. The molecule has 0 N–H and O–H groups in total. The molecule has 1 unspecified atom stereocenters. The van der Waals surface area contributed by atoms with Gasteiger partial charge in [0.15, 0.2) is 0 Å². The fourth-order valence-electron chi connectivity index (χ4n) is 3.25. The smallest absolute Gasteiger partial charge is 0.124 e. The van der Waals surface area contributed by atoms with Crippen LogP contribution < -0.4 is 9.47 Å². The molecule has 24 heavy (non-hydrogen) atoms. The predicted molar refractivity (Wildman–Crippen MR) is 98.1 cm³/mol. The molecule has 0 aromatic heterocycles. The molecule has 0 saturated heterocycles.